The normalized spacial score (nSPS) is 17.7. The molecule has 0 radical (unpaired) electrons. The van der Waals surface area contributed by atoms with Gasteiger partial charge in [-0.15, -0.1) is 0 Å². The molecule has 0 saturated heterocycles. The van der Waals surface area contributed by atoms with Crippen LogP contribution in [-0.4, -0.2) is 29.8 Å². The summed E-state index contributed by atoms with van der Waals surface area (Å²) in [5.41, 5.74) is -1.53. The fourth-order valence-corrected chi connectivity index (χ4v) is 2.26. The summed E-state index contributed by atoms with van der Waals surface area (Å²) in [6.07, 6.45) is -2.58. The van der Waals surface area contributed by atoms with Gasteiger partial charge in [-0.05, 0) is 43.9 Å². The van der Waals surface area contributed by atoms with E-state index in [2.05, 4.69) is 5.32 Å². The minimum atomic E-state index is -4.46. The van der Waals surface area contributed by atoms with E-state index in [4.69, 9.17) is 4.74 Å². The topological polar surface area (TPSA) is 58.6 Å². The van der Waals surface area contributed by atoms with Gasteiger partial charge in [-0.3, -0.25) is 4.79 Å². The number of hydrogen-bond donors (Lipinski definition) is 2. The molecule has 4 nitrogen and oxygen atoms in total. The van der Waals surface area contributed by atoms with Crippen LogP contribution in [0.25, 0.3) is 0 Å². The van der Waals surface area contributed by atoms with Crippen molar-refractivity contribution in [3.05, 3.63) is 29.8 Å². The van der Waals surface area contributed by atoms with Crippen LogP contribution in [0.4, 0.5) is 13.2 Å². The first kappa shape index (κ1) is 16.6. The summed E-state index contributed by atoms with van der Waals surface area (Å²) in [6, 6.07) is 4.36. The van der Waals surface area contributed by atoms with Crippen molar-refractivity contribution in [3.8, 4) is 5.75 Å². The Bertz CT molecular complexity index is 543. The van der Waals surface area contributed by atoms with Gasteiger partial charge in [-0.1, -0.05) is 6.07 Å². The predicted octanol–water partition coefficient (Wildman–Crippen LogP) is 2.36. The highest BCUT2D eigenvalue weighted by atomic mass is 19.4. The van der Waals surface area contributed by atoms with Crippen molar-refractivity contribution < 1.29 is 27.8 Å². The van der Waals surface area contributed by atoms with Crippen LogP contribution in [0.1, 0.15) is 25.3 Å². The number of carbonyl (C=O) groups is 1. The third kappa shape index (κ3) is 4.13. The number of benzene rings is 1. The van der Waals surface area contributed by atoms with Gasteiger partial charge in [0.1, 0.15) is 5.75 Å². The number of carbonyl (C=O) groups excluding carboxylic acids is 1. The summed E-state index contributed by atoms with van der Waals surface area (Å²) in [6.45, 7) is 1.16. The molecule has 1 fully saturated rings. The first-order chi connectivity index (χ1) is 10.2. The predicted molar refractivity (Wildman–Crippen MR) is 73.3 cm³/mol. The van der Waals surface area contributed by atoms with Gasteiger partial charge < -0.3 is 15.2 Å². The largest absolute Gasteiger partial charge is 0.484 e. The van der Waals surface area contributed by atoms with Crippen molar-refractivity contribution >= 4 is 5.91 Å². The quantitative estimate of drug-likeness (QED) is 0.847. The Kier molecular flexibility index (Phi) is 4.65. The summed E-state index contributed by atoms with van der Waals surface area (Å²) in [5.74, 6) is -0.266. The molecule has 1 aromatic carbocycles. The number of amides is 1. The Morgan fingerprint density at radius 2 is 2.09 bits per heavy atom. The van der Waals surface area contributed by atoms with E-state index in [1.165, 1.54) is 12.1 Å². The molecule has 122 valence electrons. The number of alkyl halides is 3. The lowest BCUT2D eigenvalue weighted by Gasteiger charge is -2.28. The molecule has 7 heteroatoms. The Hall–Kier alpha value is -1.76. The molecule has 22 heavy (non-hydrogen) atoms. The third-order valence-electron chi connectivity index (χ3n) is 3.76. The molecule has 1 amide bonds. The molecule has 1 aromatic rings. The number of hydrogen-bond acceptors (Lipinski definition) is 3. The molecule has 2 N–H and O–H groups in total. The van der Waals surface area contributed by atoms with Crippen LogP contribution in [-0.2, 0) is 11.0 Å². The third-order valence-corrected chi connectivity index (χ3v) is 3.76. The van der Waals surface area contributed by atoms with Crippen LogP contribution in [0.5, 0.6) is 5.75 Å². The highest BCUT2D eigenvalue weighted by molar-refractivity contribution is 5.78. The molecule has 0 heterocycles. The minimum absolute atomic E-state index is 0.0258. The lowest BCUT2D eigenvalue weighted by atomic mass is 9.97. The Labute approximate surface area is 126 Å². The molecule has 1 aliphatic rings. The minimum Gasteiger partial charge on any atom is -0.484 e. The van der Waals surface area contributed by atoms with Crippen LogP contribution in [0.3, 0.4) is 0 Å². The molecular weight excluding hydrogens is 299 g/mol. The van der Waals surface area contributed by atoms with Crippen molar-refractivity contribution in [3.63, 3.8) is 0 Å². The summed E-state index contributed by atoms with van der Waals surface area (Å²) in [7, 11) is 0. The number of ether oxygens (including phenoxy) is 1. The van der Waals surface area contributed by atoms with Gasteiger partial charge in [0.05, 0.1) is 17.7 Å². The standard InChI is InChI=1S/C15H18F3NO3/c1-14(9-20,10-5-6-10)19-13(21)8-22-12-4-2-3-11(7-12)15(16,17)18/h2-4,7,10,20H,5-6,8-9H2,1H3,(H,19,21). The number of aliphatic hydroxyl groups excluding tert-OH is 1. The van der Waals surface area contributed by atoms with E-state index in [1.54, 1.807) is 6.92 Å². The number of halogens is 3. The number of nitrogens with one attached hydrogen (secondary N) is 1. The maximum atomic E-state index is 12.6. The van der Waals surface area contributed by atoms with E-state index >= 15 is 0 Å². The van der Waals surface area contributed by atoms with E-state index in [-0.39, 0.29) is 18.3 Å². The van der Waals surface area contributed by atoms with Crippen LogP contribution in [0, 0.1) is 5.92 Å². The molecule has 0 bridgehead atoms. The van der Waals surface area contributed by atoms with Gasteiger partial charge >= 0.3 is 6.18 Å². The Balaban J connectivity index is 1.91. The van der Waals surface area contributed by atoms with Crippen molar-refractivity contribution in [2.24, 2.45) is 5.92 Å². The average Bonchev–Trinajstić information content (AvgIpc) is 3.29. The van der Waals surface area contributed by atoms with Gasteiger partial charge in [0.25, 0.3) is 5.91 Å². The second-order valence-electron chi connectivity index (χ2n) is 5.71. The van der Waals surface area contributed by atoms with Gasteiger partial charge in [-0.25, -0.2) is 0 Å². The maximum Gasteiger partial charge on any atom is 0.416 e. The zero-order chi connectivity index (χ0) is 16.4. The average molecular weight is 317 g/mol. The van der Waals surface area contributed by atoms with Crippen LogP contribution in [0.15, 0.2) is 24.3 Å². The lowest BCUT2D eigenvalue weighted by molar-refractivity contribution is -0.137. The fourth-order valence-electron chi connectivity index (χ4n) is 2.26. The Morgan fingerprint density at radius 1 is 1.41 bits per heavy atom. The second kappa shape index (κ2) is 6.16. The zero-order valence-electron chi connectivity index (χ0n) is 12.1. The highest BCUT2D eigenvalue weighted by Crippen LogP contribution is 2.39. The second-order valence-corrected chi connectivity index (χ2v) is 5.71. The van der Waals surface area contributed by atoms with Crippen LogP contribution in [0.2, 0.25) is 0 Å². The molecular formula is C15H18F3NO3. The van der Waals surface area contributed by atoms with Crippen molar-refractivity contribution in [2.75, 3.05) is 13.2 Å². The van der Waals surface area contributed by atoms with E-state index in [0.717, 1.165) is 25.0 Å². The van der Waals surface area contributed by atoms with Crippen LogP contribution >= 0.6 is 0 Å². The zero-order valence-corrected chi connectivity index (χ0v) is 12.1. The Morgan fingerprint density at radius 3 is 2.64 bits per heavy atom. The van der Waals surface area contributed by atoms with Gasteiger partial charge in [0.15, 0.2) is 6.61 Å². The highest BCUT2D eigenvalue weighted by Gasteiger charge is 2.42. The lowest BCUT2D eigenvalue weighted by Crippen LogP contribution is -2.52. The summed E-state index contributed by atoms with van der Waals surface area (Å²) < 4.78 is 42.8. The molecule has 0 aromatic heterocycles. The summed E-state index contributed by atoms with van der Waals surface area (Å²) >= 11 is 0. The monoisotopic (exact) mass is 317 g/mol. The van der Waals surface area contributed by atoms with E-state index < -0.39 is 29.8 Å². The summed E-state index contributed by atoms with van der Waals surface area (Å²) in [4.78, 5) is 11.8. The van der Waals surface area contributed by atoms with Gasteiger partial charge in [-0.2, -0.15) is 13.2 Å². The molecule has 2 rings (SSSR count). The van der Waals surface area contributed by atoms with E-state index in [1.807, 2.05) is 0 Å². The molecule has 0 aliphatic heterocycles. The van der Waals surface area contributed by atoms with E-state index in [9.17, 15) is 23.1 Å². The van der Waals surface area contributed by atoms with E-state index in [0.29, 0.717) is 0 Å². The first-order valence-corrected chi connectivity index (χ1v) is 6.96. The SMILES string of the molecule is CC(CO)(NC(=O)COc1cccc(C(F)(F)F)c1)C1CC1. The maximum absolute atomic E-state index is 12.6. The fraction of sp³-hybridized carbons (Fsp3) is 0.533. The first-order valence-electron chi connectivity index (χ1n) is 6.96. The van der Waals surface area contributed by atoms with Gasteiger partial charge in [0, 0.05) is 0 Å². The molecule has 1 saturated carbocycles. The smallest absolute Gasteiger partial charge is 0.416 e. The van der Waals surface area contributed by atoms with Crippen molar-refractivity contribution in [1.29, 1.82) is 0 Å². The van der Waals surface area contributed by atoms with Crippen molar-refractivity contribution in [2.45, 2.75) is 31.5 Å². The molecule has 1 unspecified atom stereocenters. The number of rotatable bonds is 6. The molecule has 0 spiro atoms. The molecule has 1 aliphatic carbocycles. The van der Waals surface area contributed by atoms with Crippen LogP contribution < -0.4 is 10.1 Å². The number of aliphatic hydroxyl groups is 1. The van der Waals surface area contributed by atoms with Gasteiger partial charge in [0.2, 0.25) is 0 Å². The molecule has 1 atom stereocenters. The summed E-state index contributed by atoms with van der Waals surface area (Å²) in [5, 5.41) is 12.1. The van der Waals surface area contributed by atoms with Crippen molar-refractivity contribution in [1.82, 2.24) is 5.32 Å².